The maximum absolute atomic E-state index is 13.9. The summed E-state index contributed by atoms with van der Waals surface area (Å²) in [5.41, 5.74) is 9.62. The van der Waals surface area contributed by atoms with Crippen molar-refractivity contribution in [2.24, 2.45) is 30.6 Å². The molecule has 0 N–H and O–H groups in total. The van der Waals surface area contributed by atoms with E-state index in [0.29, 0.717) is 63.5 Å². The van der Waals surface area contributed by atoms with E-state index in [0.717, 1.165) is 109 Å². The van der Waals surface area contributed by atoms with Crippen LogP contribution in [0.5, 0.6) is 0 Å². The molecule has 0 unspecified atom stereocenters. The van der Waals surface area contributed by atoms with Crippen molar-refractivity contribution in [3.63, 3.8) is 0 Å². The van der Waals surface area contributed by atoms with Crippen molar-refractivity contribution in [1.82, 2.24) is 44.3 Å². The minimum absolute atomic E-state index is 0.0538. The molecule has 0 amide bonds. The van der Waals surface area contributed by atoms with Crippen molar-refractivity contribution in [2.75, 3.05) is 32.3 Å². The zero-order valence-electron chi connectivity index (χ0n) is 63.1. The molecular weight excluding hydrogens is 1590 g/mol. The van der Waals surface area contributed by atoms with Crippen LogP contribution in [0.4, 0.5) is 74.1 Å². The van der Waals surface area contributed by atoms with Gasteiger partial charge < -0.3 is 14.7 Å². The fraction of sp³-hybridized carbons (Fsp3) is 0.205. The van der Waals surface area contributed by atoms with Crippen LogP contribution >= 0.6 is 35.3 Å². The van der Waals surface area contributed by atoms with E-state index in [-0.39, 0.29) is 46.5 Å². The van der Waals surface area contributed by atoms with E-state index in [9.17, 15) is 57.1 Å². The van der Waals surface area contributed by atoms with Gasteiger partial charge in [-0.1, -0.05) is 186 Å². The second-order valence-electron chi connectivity index (χ2n) is 27.6. The van der Waals surface area contributed by atoms with E-state index in [4.69, 9.17) is 0 Å². The molecule has 0 bridgehead atoms. The molecule has 34 heteroatoms. The summed E-state index contributed by atoms with van der Waals surface area (Å²) in [6.07, 6.45) is -0.872. The van der Waals surface area contributed by atoms with Gasteiger partial charge in [0.1, 0.15) is 36.4 Å². The smallest absolute Gasteiger partial charge is 0.309 e. The lowest BCUT2D eigenvalue weighted by atomic mass is 10.0. The van der Waals surface area contributed by atoms with Crippen molar-refractivity contribution >= 4 is 86.5 Å². The maximum Gasteiger partial charge on any atom is 0.458 e. The van der Waals surface area contributed by atoms with Gasteiger partial charge in [0, 0.05) is 40.4 Å². The van der Waals surface area contributed by atoms with Gasteiger partial charge in [-0.3, -0.25) is 0 Å². The number of hydrogen-bond acceptors (Lipinski definition) is 15. The Labute approximate surface area is 675 Å². The van der Waals surface area contributed by atoms with Gasteiger partial charge in [0.05, 0.1) is 70.3 Å². The average molecular weight is 1660 g/mol. The number of aromatic nitrogens is 9. The van der Waals surface area contributed by atoms with Crippen LogP contribution in [0.2, 0.25) is 0 Å². The molecule has 18 nitrogen and oxygen atoms in total. The number of thioether (sulfide) groups is 3. The molecular formula is C83H69F13N18S3. The summed E-state index contributed by atoms with van der Waals surface area (Å²) in [5.74, 6) is -4.69. The van der Waals surface area contributed by atoms with Crippen LogP contribution in [0, 0.1) is 17.5 Å². The predicted octanol–water partition coefficient (Wildman–Crippen LogP) is 22.1. The van der Waals surface area contributed by atoms with E-state index < -0.39 is 35.3 Å². The van der Waals surface area contributed by atoms with Crippen LogP contribution in [0.1, 0.15) is 116 Å². The minimum Gasteiger partial charge on any atom is -0.309 e. The Balaban J connectivity index is 0.000000153. The molecule has 0 saturated carbocycles. The monoisotopic (exact) mass is 1660 g/mol. The van der Waals surface area contributed by atoms with Crippen LogP contribution in [0.15, 0.2) is 250 Å². The lowest BCUT2D eigenvalue weighted by Crippen LogP contribution is -2.39. The Morgan fingerprint density at radius 3 is 0.983 bits per heavy atom. The van der Waals surface area contributed by atoms with E-state index >= 15 is 0 Å². The van der Waals surface area contributed by atoms with Crippen molar-refractivity contribution in [1.29, 1.82) is 0 Å². The second kappa shape index (κ2) is 35.2. The van der Waals surface area contributed by atoms with Crippen LogP contribution in [0.25, 0.3) is 51.2 Å². The molecule has 600 valence electrons. The van der Waals surface area contributed by atoms with E-state index in [1.54, 1.807) is 114 Å². The van der Waals surface area contributed by atoms with E-state index in [2.05, 4.69) is 74.7 Å². The van der Waals surface area contributed by atoms with Gasteiger partial charge >= 0.3 is 18.3 Å². The van der Waals surface area contributed by atoms with Crippen LogP contribution < -0.4 is 14.7 Å². The summed E-state index contributed by atoms with van der Waals surface area (Å²) in [7, 11) is 0. The second-order valence-corrected chi connectivity index (χ2v) is 30.3. The number of rotatable bonds is 20. The molecule has 117 heavy (non-hydrogen) atoms. The molecule has 3 aromatic heterocycles. The van der Waals surface area contributed by atoms with Crippen LogP contribution in [-0.4, -0.2) is 102 Å². The molecule has 6 heterocycles. The standard InChI is InChI=1S/C28H22F6N6S.C28H25F3N6S.C27H22F4N6S/c1-17(2)23-12-9-21(29)13-24(23)39-16-41-26(39)37-36-14-18-3-5-19(6-4-18)25-35-15-40(38-25)22-10-7-20(8-11-22)27(30,31)28(32,33)34;1-18(2)24-13-10-22(29)14-25(24)36-17-38-27(36)34-33-15-19-4-6-20(7-5-19)26-32-16-37(35-26)23-11-8-21(9-12-23)28(3,30)31;1-17(2)23-13-21(28)9-12-24(23)36-16-38-26(36)34-33-14-18-3-5-19(6-4-18)25-32-15-37(35-25)22-10-7-20(8-11-22)27(29,30)31/h3-15,17H,16H2,1-2H3;4-16,18H,17H2,1-3H3;3-15,17H,16H2,1-2H3/b36-14+,37-26-;33-15+,34-27-;33-14+,34-26-. The molecule has 0 atom stereocenters. The first-order valence-electron chi connectivity index (χ1n) is 36.0. The van der Waals surface area contributed by atoms with Crippen LogP contribution in [0.3, 0.4) is 0 Å². The SMILES string of the molecule is CC(C)c1cc(F)ccc1N1CS/C1=N\N=C\c1ccc(-c2ncn(-c3ccc(C(F)(F)F)cc3)n2)cc1.CC(C)c1ccc(F)cc1N1CS/C1=N\N=C\c1ccc(-c2ncn(-c3ccc(C(C)(F)F)cc3)n2)cc1.CC(C)c1ccc(F)cc1N1CS/C1=N\N=C\c1ccc(-c2ncn(-c3ccc(C(F)(F)C(F)(F)F)cc3)n2)cc1. The Morgan fingerprint density at radius 1 is 0.359 bits per heavy atom. The highest BCUT2D eigenvalue weighted by Crippen LogP contribution is 2.45. The zero-order valence-corrected chi connectivity index (χ0v) is 65.5. The summed E-state index contributed by atoms with van der Waals surface area (Å²) in [4.78, 5) is 18.7. The number of anilines is 3. The van der Waals surface area contributed by atoms with Gasteiger partial charge in [-0.2, -0.15) is 50.4 Å². The molecule has 12 aromatic rings. The fourth-order valence-electron chi connectivity index (χ4n) is 11.9. The van der Waals surface area contributed by atoms with Gasteiger partial charge in [0.15, 0.2) is 33.0 Å². The number of benzene rings is 9. The van der Waals surface area contributed by atoms with Gasteiger partial charge in [0.2, 0.25) is 0 Å². The van der Waals surface area contributed by atoms with E-state index in [1.165, 1.54) is 82.3 Å². The number of amidine groups is 3. The first-order valence-corrected chi connectivity index (χ1v) is 39.0. The normalized spacial score (nSPS) is 15.1. The van der Waals surface area contributed by atoms with Crippen molar-refractivity contribution < 1.29 is 57.1 Å². The third kappa shape index (κ3) is 19.7. The number of hydrogen-bond donors (Lipinski definition) is 0. The molecule has 3 fully saturated rings. The Bertz CT molecular complexity index is 5680. The number of alkyl halides is 10. The summed E-state index contributed by atoms with van der Waals surface area (Å²) in [5, 5.41) is 40.8. The highest BCUT2D eigenvalue weighted by molar-refractivity contribution is 8.17. The first-order chi connectivity index (χ1) is 55.8. The number of nitrogens with zero attached hydrogens (tertiary/aromatic N) is 18. The highest BCUT2D eigenvalue weighted by atomic mass is 32.2. The molecule has 3 aliphatic heterocycles. The Hall–Kier alpha value is -12.0. The average Bonchev–Trinajstić information content (AvgIpc) is 1.71. The van der Waals surface area contributed by atoms with Gasteiger partial charge in [0.25, 0.3) is 5.92 Å². The minimum atomic E-state index is -5.68. The molecule has 0 radical (unpaired) electrons. The van der Waals surface area contributed by atoms with Crippen molar-refractivity contribution in [3.8, 4) is 51.2 Å². The molecule has 3 saturated heterocycles. The Morgan fingerprint density at radius 2 is 0.675 bits per heavy atom. The summed E-state index contributed by atoms with van der Waals surface area (Å²) in [6, 6.07) is 50.7. The third-order valence-corrected chi connectivity index (χ3v) is 21.2. The first kappa shape index (κ1) is 82.9. The van der Waals surface area contributed by atoms with Gasteiger partial charge in [-0.15, -0.1) is 30.6 Å². The highest BCUT2D eigenvalue weighted by Gasteiger charge is 2.58. The summed E-state index contributed by atoms with van der Waals surface area (Å²) >= 11 is 4.63. The van der Waals surface area contributed by atoms with Gasteiger partial charge in [-0.05, 0) is 142 Å². The predicted molar refractivity (Wildman–Crippen MR) is 436 cm³/mol. The van der Waals surface area contributed by atoms with Crippen molar-refractivity contribution in [2.45, 2.75) is 90.4 Å². The number of halogens is 13. The molecule has 0 spiro atoms. The quantitative estimate of drug-likeness (QED) is 0.0401. The topological polar surface area (TPSA) is 176 Å². The van der Waals surface area contributed by atoms with Gasteiger partial charge in [-0.25, -0.2) is 50.9 Å². The molecule has 3 aliphatic rings. The Kier molecular flexibility index (Phi) is 24.9. The molecule has 15 rings (SSSR count). The van der Waals surface area contributed by atoms with Crippen molar-refractivity contribution in [3.05, 3.63) is 287 Å². The molecule has 9 aromatic carbocycles. The largest absolute Gasteiger partial charge is 0.458 e. The third-order valence-electron chi connectivity index (χ3n) is 18.4. The van der Waals surface area contributed by atoms with E-state index in [1.807, 2.05) is 97.0 Å². The summed E-state index contributed by atoms with van der Waals surface area (Å²) in [6.45, 7) is 13.2. The maximum atomic E-state index is 13.9. The fourth-order valence-corrected chi connectivity index (χ4v) is 14.0. The summed E-state index contributed by atoms with van der Waals surface area (Å²) < 4.78 is 176. The lowest BCUT2D eigenvalue weighted by Gasteiger charge is -2.35. The molecule has 0 aliphatic carbocycles. The lowest BCUT2D eigenvalue weighted by molar-refractivity contribution is -0.289. The zero-order chi connectivity index (χ0) is 83.1. The van der Waals surface area contributed by atoms with Crippen LogP contribution in [-0.2, 0) is 18.0 Å².